The maximum atomic E-state index is 12.0. The fourth-order valence-electron chi connectivity index (χ4n) is 1.81. The molecular weight excluding hydrogens is 190 g/mol. The molecule has 0 aromatic carbocycles. The van der Waals surface area contributed by atoms with Crippen LogP contribution in [-0.4, -0.2) is 12.6 Å². The first-order valence-corrected chi connectivity index (χ1v) is 4.60. The van der Waals surface area contributed by atoms with Gasteiger partial charge in [-0.2, -0.15) is 8.78 Å². The van der Waals surface area contributed by atoms with Gasteiger partial charge >= 0.3 is 5.97 Å². The van der Waals surface area contributed by atoms with Gasteiger partial charge in [0.15, 0.2) is 0 Å². The van der Waals surface area contributed by atoms with Crippen LogP contribution < -0.4 is 0 Å². The lowest BCUT2D eigenvalue weighted by Gasteiger charge is -2.01. The van der Waals surface area contributed by atoms with Crippen molar-refractivity contribution in [2.45, 2.75) is 20.8 Å². The fraction of sp³-hybridized carbons (Fsp3) is 0.700. The van der Waals surface area contributed by atoms with Crippen molar-refractivity contribution in [2.24, 2.45) is 17.3 Å². The van der Waals surface area contributed by atoms with E-state index in [2.05, 4.69) is 0 Å². The zero-order chi connectivity index (χ0) is 10.9. The van der Waals surface area contributed by atoms with E-state index in [4.69, 9.17) is 4.74 Å². The number of allylic oxidation sites excluding steroid dienone is 1. The van der Waals surface area contributed by atoms with Crippen LogP contribution in [0.3, 0.4) is 0 Å². The van der Waals surface area contributed by atoms with E-state index in [-0.39, 0.29) is 11.9 Å². The van der Waals surface area contributed by atoms with Crippen molar-refractivity contribution in [1.29, 1.82) is 0 Å². The Morgan fingerprint density at radius 1 is 1.50 bits per heavy atom. The molecule has 0 aromatic rings. The molecule has 0 bridgehead atoms. The molecule has 0 heterocycles. The Morgan fingerprint density at radius 3 is 2.50 bits per heavy atom. The van der Waals surface area contributed by atoms with Crippen LogP contribution in [0.1, 0.15) is 20.8 Å². The van der Waals surface area contributed by atoms with Crippen LogP contribution in [-0.2, 0) is 9.53 Å². The van der Waals surface area contributed by atoms with E-state index in [9.17, 15) is 13.6 Å². The highest BCUT2D eigenvalue weighted by molar-refractivity contribution is 5.78. The molecule has 1 aliphatic rings. The minimum Gasteiger partial charge on any atom is -0.466 e. The standard InChI is InChI=1S/C10H14F2O2/c1-4-14-9(13)8-6(5-7(11)12)10(8,2)3/h5-6,8H,4H2,1-3H3. The summed E-state index contributed by atoms with van der Waals surface area (Å²) >= 11 is 0. The third kappa shape index (κ3) is 1.94. The number of esters is 1. The van der Waals surface area contributed by atoms with Crippen LogP contribution in [0, 0.1) is 17.3 Å². The third-order valence-corrected chi connectivity index (χ3v) is 2.76. The van der Waals surface area contributed by atoms with Gasteiger partial charge in [-0.25, -0.2) is 0 Å². The van der Waals surface area contributed by atoms with Gasteiger partial charge in [-0.05, 0) is 18.4 Å². The van der Waals surface area contributed by atoms with Crippen molar-refractivity contribution >= 4 is 5.97 Å². The molecule has 2 atom stereocenters. The average molecular weight is 204 g/mol. The Kier molecular flexibility index (Phi) is 2.92. The van der Waals surface area contributed by atoms with Crippen LogP contribution in [0.25, 0.3) is 0 Å². The second-order valence-corrected chi connectivity index (χ2v) is 4.03. The first kappa shape index (κ1) is 11.1. The second-order valence-electron chi connectivity index (χ2n) is 4.03. The van der Waals surface area contributed by atoms with E-state index in [0.717, 1.165) is 6.08 Å². The molecule has 0 amide bonds. The van der Waals surface area contributed by atoms with E-state index in [1.165, 1.54) is 0 Å². The minimum absolute atomic E-state index is 0.292. The number of carbonyl (C=O) groups is 1. The summed E-state index contributed by atoms with van der Waals surface area (Å²) in [7, 11) is 0. The molecule has 1 aliphatic carbocycles. The summed E-state index contributed by atoms with van der Waals surface area (Å²) in [5, 5.41) is 0. The lowest BCUT2D eigenvalue weighted by Crippen LogP contribution is -2.10. The Labute approximate surface area is 81.9 Å². The molecule has 2 nitrogen and oxygen atoms in total. The molecule has 4 heteroatoms. The molecule has 0 saturated heterocycles. The van der Waals surface area contributed by atoms with Crippen LogP contribution in [0.2, 0.25) is 0 Å². The first-order chi connectivity index (χ1) is 6.41. The Bertz CT molecular complexity index is 267. The number of halogens is 2. The highest BCUT2D eigenvalue weighted by atomic mass is 19.3. The van der Waals surface area contributed by atoms with Crippen molar-refractivity contribution in [3.05, 3.63) is 12.2 Å². The number of hydrogen-bond acceptors (Lipinski definition) is 2. The molecule has 1 rings (SSSR count). The highest BCUT2D eigenvalue weighted by Gasteiger charge is 2.61. The van der Waals surface area contributed by atoms with Gasteiger partial charge in [0.2, 0.25) is 0 Å². The van der Waals surface area contributed by atoms with Crippen LogP contribution in [0.4, 0.5) is 8.78 Å². The molecule has 0 spiro atoms. The monoisotopic (exact) mass is 204 g/mol. The average Bonchev–Trinajstić information content (AvgIpc) is 2.52. The summed E-state index contributed by atoms with van der Waals surface area (Å²) in [6, 6.07) is 0. The van der Waals surface area contributed by atoms with Crippen LogP contribution >= 0.6 is 0 Å². The second kappa shape index (κ2) is 3.67. The first-order valence-electron chi connectivity index (χ1n) is 4.60. The highest BCUT2D eigenvalue weighted by Crippen LogP contribution is 2.59. The maximum Gasteiger partial charge on any atom is 0.310 e. The lowest BCUT2D eigenvalue weighted by molar-refractivity contribution is -0.145. The van der Waals surface area contributed by atoms with Gasteiger partial charge < -0.3 is 4.74 Å². The van der Waals surface area contributed by atoms with E-state index in [1.54, 1.807) is 20.8 Å². The summed E-state index contributed by atoms with van der Waals surface area (Å²) in [6.07, 6.45) is -0.878. The van der Waals surface area contributed by atoms with Gasteiger partial charge in [0, 0.05) is 5.92 Å². The Hall–Kier alpha value is -0.930. The Balaban J connectivity index is 2.66. The molecule has 0 radical (unpaired) electrons. The summed E-state index contributed by atoms with van der Waals surface area (Å²) in [5.74, 6) is -1.17. The summed E-state index contributed by atoms with van der Waals surface area (Å²) in [6.45, 7) is 5.57. The zero-order valence-corrected chi connectivity index (χ0v) is 8.51. The van der Waals surface area contributed by atoms with Crippen molar-refractivity contribution in [2.75, 3.05) is 6.61 Å². The van der Waals surface area contributed by atoms with Crippen molar-refractivity contribution in [3.63, 3.8) is 0 Å². The molecule has 2 unspecified atom stereocenters. The van der Waals surface area contributed by atoms with Crippen molar-refractivity contribution in [3.8, 4) is 0 Å². The van der Waals surface area contributed by atoms with E-state index in [1.807, 2.05) is 0 Å². The third-order valence-electron chi connectivity index (χ3n) is 2.76. The van der Waals surface area contributed by atoms with Crippen LogP contribution in [0.5, 0.6) is 0 Å². The van der Waals surface area contributed by atoms with Crippen LogP contribution in [0.15, 0.2) is 12.2 Å². The van der Waals surface area contributed by atoms with Crippen molar-refractivity contribution < 1.29 is 18.3 Å². The number of ether oxygens (including phenoxy) is 1. The molecule has 0 aromatic heterocycles. The van der Waals surface area contributed by atoms with Gasteiger partial charge in [0.1, 0.15) is 0 Å². The normalized spacial score (nSPS) is 28.1. The molecule has 1 fully saturated rings. The molecular formula is C10H14F2O2. The zero-order valence-electron chi connectivity index (χ0n) is 8.51. The molecule has 0 aliphatic heterocycles. The molecule has 14 heavy (non-hydrogen) atoms. The number of carbonyl (C=O) groups excluding carboxylic acids is 1. The largest absolute Gasteiger partial charge is 0.466 e. The van der Waals surface area contributed by atoms with E-state index < -0.39 is 17.4 Å². The van der Waals surface area contributed by atoms with Crippen molar-refractivity contribution in [1.82, 2.24) is 0 Å². The number of hydrogen-bond donors (Lipinski definition) is 0. The summed E-state index contributed by atoms with van der Waals surface area (Å²) < 4.78 is 28.8. The maximum absolute atomic E-state index is 12.0. The predicted molar refractivity (Wildman–Crippen MR) is 47.7 cm³/mol. The fourth-order valence-corrected chi connectivity index (χ4v) is 1.81. The molecule has 80 valence electrons. The molecule has 0 N–H and O–H groups in total. The lowest BCUT2D eigenvalue weighted by atomic mass is 10.1. The SMILES string of the molecule is CCOC(=O)C1C(C=C(F)F)C1(C)C. The minimum atomic E-state index is -1.73. The van der Waals surface area contributed by atoms with E-state index in [0.29, 0.717) is 6.61 Å². The van der Waals surface area contributed by atoms with Gasteiger partial charge in [0.25, 0.3) is 6.08 Å². The molecule has 1 saturated carbocycles. The summed E-state index contributed by atoms with van der Waals surface area (Å²) in [4.78, 5) is 11.3. The Morgan fingerprint density at radius 2 is 2.07 bits per heavy atom. The smallest absolute Gasteiger partial charge is 0.310 e. The van der Waals surface area contributed by atoms with Gasteiger partial charge in [-0.3, -0.25) is 4.79 Å². The van der Waals surface area contributed by atoms with Gasteiger partial charge in [-0.15, -0.1) is 0 Å². The predicted octanol–water partition coefficient (Wildman–Crippen LogP) is 2.60. The van der Waals surface area contributed by atoms with E-state index >= 15 is 0 Å². The quantitative estimate of drug-likeness (QED) is 0.660. The topological polar surface area (TPSA) is 26.3 Å². The summed E-state index contributed by atoms with van der Waals surface area (Å²) in [5.41, 5.74) is -0.393. The number of rotatable bonds is 3. The van der Waals surface area contributed by atoms with Gasteiger partial charge in [0.05, 0.1) is 12.5 Å². The van der Waals surface area contributed by atoms with Gasteiger partial charge in [-0.1, -0.05) is 13.8 Å².